The van der Waals surface area contributed by atoms with Gasteiger partial charge in [0.15, 0.2) is 11.6 Å². The van der Waals surface area contributed by atoms with Crippen molar-refractivity contribution >= 4 is 132 Å². The largest absolute Gasteiger partial charge is 0.309 e. The molecule has 0 unspecified atom stereocenters. The Kier molecular flexibility index (Phi) is 14.5. The Morgan fingerprint density at radius 2 is 0.500 bits per heavy atom. The lowest BCUT2D eigenvalue weighted by Crippen LogP contribution is -2.06. The highest BCUT2D eigenvalue weighted by Crippen LogP contribution is 2.43. The highest BCUT2D eigenvalue weighted by atomic mass is 35.5. The minimum absolute atomic E-state index is 0.351. The lowest BCUT2D eigenvalue weighted by molar-refractivity contribution is 0.993. The molecule has 21 aromatic rings. The molecule has 0 saturated carbocycles. The first-order valence-corrected chi connectivity index (χ1v) is 35.6. The first-order chi connectivity index (χ1) is 51.4. The van der Waals surface area contributed by atoms with Gasteiger partial charge >= 0.3 is 0 Å². The molecule has 0 saturated heterocycles. The maximum atomic E-state index is 5.76. The summed E-state index contributed by atoms with van der Waals surface area (Å²) in [5, 5.41) is 12.9. The van der Waals surface area contributed by atoms with Gasteiger partial charge in [-0.3, -0.25) is 9.13 Å². The van der Waals surface area contributed by atoms with E-state index >= 15 is 0 Å². The topological polar surface area (TPSA) is 76.2 Å². The van der Waals surface area contributed by atoms with Crippen LogP contribution in [-0.2, 0) is 6.42 Å². The van der Waals surface area contributed by atoms with Crippen molar-refractivity contribution in [1.82, 2.24) is 42.8 Å². The number of para-hydroxylation sites is 8. The van der Waals surface area contributed by atoms with E-state index in [1.54, 1.807) is 0 Å². The van der Waals surface area contributed by atoms with Crippen molar-refractivity contribution in [2.75, 3.05) is 0 Å². The van der Waals surface area contributed by atoms with Gasteiger partial charge in [-0.25, -0.2) is 19.9 Å². The molecule has 0 N–H and O–H groups in total. The van der Waals surface area contributed by atoms with Crippen molar-refractivity contribution in [2.24, 2.45) is 0 Å². The predicted molar refractivity (Wildman–Crippen MR) is 431 cm³/mol. The second kappa shape index (κ2) is 24.9. The van der Waals surface area contributed by atoms with Crippen LogP contribution < -0.4 is 0 Å². The highest BCUT2D eigenvalue weighted by Gasteiger charge is 2.24. The fourth-order valence-corrected chi connectivity index (χ4v) is 16.4. The normalized spacial score (nSPS) is 11.9. The second-order valence-corrected chi connectivity index (χ2v) is 27.1. The molecule has 490 valence electrons. The molecular weight excluding hydrogens is 1310 g/mol. The van der Waals surface area contributed by atoms with Crippen LogP contribution in [0.15, 0.2) is 346 Å². The van der Waals surface area contributed by atoms with Crippen molar-refractivity contribution in [1.29, 1.82) is 0 Å². The maximum absolute atomic E-state index is 5.76. The molecule has 0 radical (unpaired) electrons. The van der Waals surface area contributed by atoms with Crippen LogP contribution in [0.25, 0.3) is 172 Å². The van der Waals surface area contributed by atoms with Crippen LogP contribution in [0.3, 0.4) is 0 Å². The lowest BCUT2D eigenvalue weighted by Gasteiger charge is -2.14. The Morgan fingerprint density at radius 3 is 0.894 bits per heavy atom. The lowest BCUT2D eigenvalue weighted by atomic mass is 10.1. The van der Waals surface area contributed by atoms with E-state index in [1.165, 1.54) is 99.4 Å². The smallest absolute Gasteiger partial charge is 0.163 e. The summed E-state index contributed by atoms with van der Waals surface area (Å²) in [6.45, 7) is 0. The third-order valence-corrected chi connectivity index (χ3v) is 20.9. The number of benzene rings is 14. The van der Waals surface area contributed by atoms with Crippen LogP contribution in [0, 0.1) is 0 Å². The van der Waals surface area contributed by atoms with Gasteiger partial charge in [0, 0.05) is 94.2 Å². The number of rotatable bonds is 7. The van der Waals surface area contributed by atoms with E-state index < -0.39 is 0 Å². The molecule has 0 spiro atoms. The summed E-state index contributed by atoms with van der Waals surface area (Å²) in [6.07, 6.45) is 1.04. The van der Waals surface area contributed by atoms with Gasteiger partial charge in [-0.1, -0.05) is 260 Å². The molecule has 0 amide bonds. The van der Waals surface area contributed by atoms with Crippen molar-refractivity contribution in [3.05, 3.63) is 367 Å². The molecule has 0 aliphatic heterocycles. The zero-order valence-corrected chi connectivity index (χ0v) is 57.4. The summed E-state index contributed by atoms with van der Waals surface area (Å²) in [7, 11) is 0. The standard InChI is InChI=1S/C58H36N6.C25H17N.C10H6Cl2N2/c1-2-16-37(17-3-1)58-59-56(63-52-28-14-8-22-44(52)46-34-38(30-32-54(46)63)61-48-24-10-4-18-40(48)41-19-5-11-25-49(41)61)36-57(60-58)64-53-29-15-9-23-45(53)47-35-39(31-33-55(47)64)62-50-26-12-6-20-42(50)43-21-7-13-27-51(43)62;1-2-8-20-17(7-1)15-18-13-14-19(16-23(18)20)26-24-11-5-3-9-21(24)22-10-4-6-12-25(22)26;11-8-6-9(12)14-10(13-8)7-4-2-1-3-5-7/h1-36H;1-14,16H,15H2;1-6H. The first kappa shape index (κ1) is 60.8. The molecule has 14 aromatic carbocycles. The summed E-state index contributed by atoms with van der Waals surface area (Å²) >= 11 is 11.5. The third kappa shape index (κ3) is 10.1. The van der Waals surface area contributed by atoms with Gasteiger partial charge < -0.3 is 13.7 Å². The zero-order valence-electron chi connectivity index (χ0n) is 55.9. The van der Waals surface area contributed by atoms with E-state index in [0.29, 0.717) is 22.0 Å². The molecule has 22 rings (SSSR count). The van der Waals surface area contributed by atoms with E-state index in [2.05, 4.69) is 336 Å². The number of nitrogens with zero attached hydrogens (tertiary/aromatic N) is 9. The van der Waals surface area contributed by atoms with Crippen molar-refractivity contribution in [3.63, 3.8) is 0 Å². The molecule has 1 aliphatic rings. The fourth-order valence-electron chi connectivity index (χ4n) is 16.0. The Bertz CT molecular complexity index is 6570. The van der Waals surface area contributed by atoms with Crippen LogP contribution in [0.2, 0.25) is 10.3 Å². The summed E-state index contributed by atoms with van der Waals surface area (Å²) in [4.78, 5) is 19.0. The van der Waals surface area contributed by atoms with Crippen LogP contribution >= 0.6 is 23.2 Å². The molecule has 7 heterocycles. The van der Waals surface area contributed by atoms with Gasteiger partial charge in [0.2, 0.25) is 0 Å². The van der Waals surface area contributed by atoms with Crippen molar-refractivity contribution in [3.8, 4) is 62.6 Å². The van der Waals surface area contributed by atoms with E-state index in [1.807, 2.05) is 36.4 Å². The van der Waals surface area contributed by atoms with Crippen LogP contribution in [0.4, 0.5) is 0 Å². The minimum Gasteiger partial charge on any atom is -0.309 e. The van der Waals surface area contributed by atoms with E-state index in [0.717, 1.165) is 84.2 Å². The molecule has 0 fully saturated rings. The minimum atomic E-state index is 0.351. The summed E-state index contributed by atoms with van der Waals surface area (Å²) < 4.78 is 11.8. The Balaban J connectivity index is 0.000000146. The number of aromatic nitrogens is 9. The average Bonchev–Trinajstić information content (AvgIpc) is 1.57. The summed E-state index contributed by atoms with van der Waals surface area (Å²) in [5.74, 6) is 2.80. The molecule has 11 heteroatoms. The summed E-state index contributed by atoms with van der Waals surface area (Å²) in [6, 6.07) is 122. The quantitative estimate of drug-likeness (QED) is 0.149. The molecule has 1 aliphatic carbocycles. The Labute approximate surface area is 607 Å². The molecule has 0 atom stereocenters. The van der Waals surface area contributed by atoms with Crippen LogP contribution in [0.5, 0.6) is 0 Å². The highest BCUT2D eigenvalue weighted by molar-refractivity contribution is 6.33. The first-order valence-electron chi connectivity index (χ1n) is 34.9. The maximum Gasteiger partial charge on any atom is 0.163 e. The monoisotopic (exact) mass is 1370 g/mol. The second-order valence-electron chi connectivity index (χ2n) is 26.4. The van der Waals surface area contributed by atoms with E-state index in [4.69, 9.17) is 33.2 Å². The molecule has 0 bridgehead atoms. The van der Waals surface area contributed by atoms with Crippen LogP contribution in [0.1, 0.15) is 11.1 Å². The molecule has 9 nitrogen and oxygen atoms in total. The van der Waals surface area contributed by atoms with Crippen LogP contribution in [-0.4, -0.2) is 42.8 Å². The summed E-state index contributed by atoms with van der Waals surface area (Å²) in [5.41, 5.74) is 22.5. The van der Waals surface area contributed by atoms with Gasteiger partial charge in [-0.2, -0.15) is 0 Å². The Morgan fingerprint density at radius 1 is 0.212 bits per heavy atom. The number of halogens is 2. The molecule has 7 aromatic heterocycles. The SMILES string of the molecule is Clc1cc(Cl)nc(-c2ccccc2)n1.c1ccc(-c2nc(-n3c4ccccc4c4cc(-n5c6ccccc6c6ccccc65)ccc43)cc(-n3c4ccccc4c4cc(-n5c6ccccc6c6ccccc65)ccc43)n2)cc1.c1ccc2c(c1)Cc1ccc(-n3c4ccccc4c4ccccc43)cc1-2. The van der Waals surface area contributed by atoms with Crippen molar-refractivity contribution < 1.29 is 0 Å². The van der Waals surface area contributed by atoms with Gasteiger partial charge in [0.1, 0.15) is 21.9 Å². The van der Waals surface area contributed by atoms with Crippen molar-refractivity contribution in [2.45, 2.75) is 6.42 Å². The number of hydrogen-bond donors (Lipinski definition) is 0. The van der Waals surface area contributed by atoms with Gasteiger partial charge in [-0.15, -0.1) is 0 Å². The zero-order chi connectivity index (χ0) is 68.9. The number of hydrogen-bond acceptors (Lipinski definition) is 4. The fraction of sp³-hybridized carbons (Fsp3) is 0.0108. The van der Waals surface area contributed by atoms with Gasteiger partial charge in [-0.05, 0) is 126 Å². The van der Waals surface area contributed by atoms with E-state index in [-0.39, 0.29) is 0 Å². The van der Waals surface area contributed by atoms with Gasteiger partial charge in [0.05, 0.1) is 55.2 Å². The number of fused-ring (bicyclic) bond motifs is 18. The Hall–Kier alpha value is -13.2. The predicted octanol–water partition coefficient (Wildman–Crippen LogP) is 24.3. The third-order valence-electron chi connectivity index (χ3n) is 20.5. The van der Waals surface area contributed by atoms with E-state index in [9.17, 15) is 0 Å². The molecule has 104 heavy (non-hydrogen) atoms. The van der Waals surface area contributed by atoms with Gasteiger partial charge in [0.25, 0.3) is 0 Å². The average molecular weight is 1370 g/mol. The molecular formula is C93H59Cl2N9.